The van der Waals surface area contributed by atoms with Crippen LogP contribution in [0.25, 0.3) is 16.7 Å². The number of aliphatic imine (C=N–C) groups is 1. The molecule has 2 aliphatic rings. The maximum Gasteiger partial charge on any atom is 0.407 e. The number of nitrogens with two attached hydrogens (primary N) is 1. The maximum absolute atomic E-state index is 13.8. The standard InChI is InChI=1S/C40H47N7O3/c1-6-32(30-18-12-17-29(25-30)28-15-8-7-9-16-28)40(4,22-11-10-19-31-26-43-37(44-31)33-20-13-23-42-33)46-36(41)34-21-14-24-47(34)38(48)35(27(2)3)45-39(49)50-5/h6-9,12,15-18,25-27,33-35,42H,13-14,20-21,23-24H2,1-5H3,(H2,41,46)(H,43,44)(H,45,49)/b32-6-/t33-,34-,35-,40?/m0/s1. The Kier molecular flexibility index (Phi) is 11.8. The summed E-state index contributed by atoms with van der Waals surface area (Å²) >= 11 is 0. The topological polar surface area (TPSA) is 138 Å². The second-order valence-electron chi connectivity index (χ2n) is 13.1. The van der Waals surface area contributed by atoms with Gasteiger partial charge in [0.1, 0.15) is 28.9 Å². The van der Waals surface area contributed by atoms with E-state index in [2.05, 4.69) is 68.5 Å². The van der Waals surface area contributed by atoms with Gasteiger partial charge < -0.3 is 31.0 Å². The highest BCUT2D eigenvalue weighted by Crippen LogP contribution is 2.34. The van der Waals surface area contributed by atoms with Gasteiger partial charge in [0.2, 0.25) is 5.91 Å². The molecule has 2 saturated heterocycles. The lowest BCUT2D eigenvalue weighted by atomic mass is 9.85. The van der Waals surface area contributed by atoms with Crippen molar-refractivity contribution >= 4 is 23.4 Å². The molecule has 0 saturated carbocycles. The first-order chi connectivity index (χ1) is 24.1. The Labute approximate surface area is 295 Å². The van der Waals surface area contributed by atoms with E-state index in [0.717, 1.165) is 53.9 Å². The number of hydrogen-bond donors (Lipinski definition) is 4. The van der Waals surface area contributed by atoms with E-state index < -0.39 is 23.7 Å². The largest absolute Gasteiger partial charge is 0.453 e. The first-order valence-corrected chi connectivity index (χ1v) is 17.3. The van der Waals surface area contributed by atoms with Crippen LogP contribution in [0.5, 0.6) is 0 Å². The lowest BCUT2D eigenvalue weighted by Gasteiger charge is -2.32. The van der Waals surface area contributed by atoms with Gasteiger partial charge in [-0.05, 0) is 98.1 Å². The summed E-state index contributed by atoms with van der Waals surface area (Å²) in [6.45, 7) is 9.13. The number of hydrogen-bond acceptors (Lipinski definition) is 6. The molecule has 2 amide bonds. The van der Waals surface area contributed by atoms with Gasteiger partial charge in [0.05, 0.1) is 25.4 Å². The van der Waals surface area contributed by atoms with Crippen LogP contribution in [0.3, 0.4) is 0 Å². The third-order valence-corrected chi connectivity index (χ3v) is 9.27. The van der Waals surface area contributed by atoms with Crippen LogP contribution < -0.4 is 16.4 Å². The summed E-state index contributed by atoms with van der Waals surface area (Å²) in [5.41, 5.74) is 10.4. The zero-order valence-electron chi connectivity index (χ0n) is 29.5. The number of rotatable bonds is 9. The Hall–Kier alpha value is -5.32. The summed E-state index contributed by atoms with van der Waals surface area (Å²) in [4.78, 5) is 40.5. The summed E-state index contributed by atoms with van der Waals surface area (Å²) < 4.78 is 4.79. The Morgan fingerprint density at radius 3 is 2.60 bits per heavy atom. The monoisotopic (exact) mass is 673 g/mol. The van der Waals surface area contributed by atoms with Crippen molar-refractivity contribution in [2.45, 2.75) is 77.0 Å². The van der Waals surface area contributed by atoms with E-state index in [1.54, 1.807) is 11.1 Å². The third kappa shape index (κ3) is 8.45. The fourth-order valence-electron chi connectivity index (χ4n) is 6.68. The number of alkyl carbamates (subject to hydrolysis) is 1. The molecule has 1 aromatic heterocycles. The van der Waals surface area contributed by atoms with Gasteiger partial charge in [0.25, 0.3) is 0 Å². The van der Waals surface area contributed by atoms with Crippen molar-refractivity contribution in [1.29, 1.82) is 0 Å². The lowest BCUT2D eigenvalue weighted by molar-refractivity contribution is -0.134. The zero-order valence-corrected chi connectivity index (χ0v) is 29.5. The predicted molar refractivity (Wildman–Crippen MR) is 198 cm³/mol. The predicted octanol–water partition coefficient (Wildman–Crippen LogP) is 5.45. The molecule has 5 N–H and O–H groups in total. The van der Waals surface area contributed by atoms with E-state index in [-0.39, 0.29) is 17.9 Å². The number of carbonyl (C=O) groups is 2. The van der Waals surface area contributed by atoms with Crippen molar-refractivity contribution in [1.82, 2.24) is 25.5 Å². The number of benzene rings is 2. The second-order valence-corrected chi connectivity index (χ2v) is 13.1. The van der Waals surface area contributed by atoms with Gasteiger partial charge in [0.15, 0.2) is 0 Å². The van der Waals surface area contributed by atoms with Crippen molar-refractivity contribution in [3.05, 3.63) is 84.0 Å². The number of carbonyl (C=O) groups excluding carboxylic acids is 2. The van der Waals surface area contributed by atoms with Crippen molar-refractivity contribution < 1.29 is 14.3 Å². The van der Waals surface area contributed by atoms with Gasteiger partial charge in [-0.3, -0.25) is 4.79 Å². The molecule has 2 fully saturated rings. The van der Waals surface area contributed by atoms with E-state index in [1.165, 1.54) is 7.11 Å². The molecule has 0 radical (unpaired) electrons. The molecular formula is C40H47N7O3. The number of methoxy groups -OCH3 is 1. The van der Waals surface area contributed by atoms with Crippen LogP contribution in [-0.2, 0) is 9.53 Å². The van der Waals surface area contributed by atoms with Crippen LogP contribution in [0, 0.1) is 29.6 Å². The molecule has 3 heterocycles. The molecule has 4 atom stereocenters. The first kappa shape index (κ1) is 36.0. The number of likely N-dealkylation sites (tertiary alicyclic amines) is 1. The molecular weight excluding hydrogens is 626 g/mol. The van der Waals surface area contributed by atoms with Gasteiger partial charge in [0, 0.05) is 6.54 Å². The van der Waals surface area contributed by atoms with Crippen molar-refractivity contribution in [2.24, 2.45) is 16.6 Å². The summed E-state index contributed by atoms with van der Waals surface area (Å²) in [5.74, 6) is 13.3. The average Bonchev–Trinajstić information content (AvgIpc) is 3.92. The number of ether oxygens (including phenoxy) is 1. The van der Waals surface area contributed by atoms with Gasteiger partial charge in [-0.2, -0.15) is 0 Å². The van der Waals surface area contributed by atoms with Crippen LogP contribution in [0.15, 0.2) is 71.9 Å². The number of aromatic nitrogens is 2. The minimum Gasteiger partial charge on any atom is -0.453 e. The van der Waals surface area contributed by atoms with Crippen molar-refractivity contribution in [3.8, 4) is 34.8 Å². The quantitative estimate of drug-likeness (QED) is 0.136. The van der Waals surface area contributed by atoms with Crippen LogP contribution in [0.2, 0.25) is 0 Å². The zero-order chi connectivity index (χ0) is 35.7. The van der Waals surface area contributed by atoms with Crippen LogP contribution in [-0.4, -0.2) is 70.5 Å². The molecule has 260 valence electrons. The molecule has 2 aromatic carbocycles. The number of allylic oxidation sites excluding steroid dienone is 1. The Bertz CT molecular complexity index is 1850. The molecule has 0 bridgehead atoms. The highest BCUT2D eigenvalue weighted by Gasteiger charge is 2.38. The first-order valence-electron chi connectivity index (χ1n) is 17.3. The summed E-state index contributed by atoms with van der Waals surface area (Å²) in [6.07, 6.45) is 6.64. The molecule has 5 rings (SSSR count). The van der Waals surface area contributed by atoms with Gasteiger partial charge in [-0.15, -0.1) is 0 Å². The molecule has 2 aliphatic heterocycles. The van der Waals surface area contributed by atoms with Crippen LogP contribution in [0.1, 0.15) is 76.5 Å². The van der Waals surface area contributed by atoms with Crippen molar-refractivity contribution in [2.75, 3.05) is 20.2 Å². The molecule has 10 heteroatoms. The maximum atomic E-state index is 13.8. The van der Waals surface area contributed by atoms with E-state index in [4.69, 9.17) is 15.5 Å². The molecule has 1 unspecified atom stereocenters. The molecule has 10 nitrogen and oxygen atoms in total. The number of imidazole rings is 1. The van der Waals surface area contributed by atoms with E-state index in [1.807, 2.05) is 64.1 Å². The fraction of sp³-hybridized carbons (Fsp3) is 0.400. The Balaban J connectivity index is 1.50. The highest BCUT2D eigenvalue weighted by atomic mass is 16.5. The van der Waals surface area contributed by atoms with Crippen molar-refractivity contribution in [3.63, 3.8) is 0 Å². The van der Waals surface area contributed by atoms with Crippen LogP contribution >= 0.6 is 0 Å². The van der Waals surface area contributed by atoms with Gasteiger partial charge in [-0.25, -0.2) is 14.8 Å². The molecule has 0 spiro atoms. The fourth-order valence-corrected chi connectivity index (χ4v) is 6.68. The smallest absolute Gasteiger partial charge is 0.407 e. The second kappa shape index (κ2) is 16.4. The number of amides is 2. The third-order valence-electron chi connectivity index (χ3n) is 9.27. The number of amidine groups is 1. The van der Waals surface area contributed by atoms with E-state index in [0.29, 0.717) is 24.5 Å². The van der Waals surface area contributed by atoms with Gasteiger partial charge >= 0.3 is 6.09 Å². The molecule has 50 heavy (non-hydrogen) atoms. The Morgan fingerprint density at radius 1 is 1.12 bits per heavy atom. The number of nitrogens with zero attached hydrogens (tertiary/aromatic N) is 3. The lowest BCUT2D eigenvalue weighted by Crippen LogP contribution is -2.55. The number of nitrogens with one attached hydrogen (secondary N) is 3. The number of H-pyrrole nitrogens is 1. The minimum absolute atomic E-state index is 0.164. The number of aromatic amines is 1. The van der Waals surface area contributed by atoms with E-state index in [9.17, 15) is 9.59 Å². The minimum atomic E-state index is -1.12. The van der Waals surface area contributed by atoms with E-state index >= 15 is 0 Å². The SMILES string of the molecule is C/C=C(/c1cccc(-c2ccccc2)c1)C(C)(C#CC#Cc1cnc([C@@H]2CCCN2)[nH]1)N=C(N)[C@@H]1CCCN1C(=O)[C@@H](NC(=O)OC)C(C)C. The molecule has 3 aromatic rings. The van der Waals surface area contributed by atoms with Crippen LogP contribution in [0.4, 0.5) is 4.79 Å². The molecule has 0 aliphatic carbocycles. The highest BCUT2D eigenvalue weighted by molar-refractivity contribution is 5.95. The average molecular weight is 674 g/mol. The Morgan fingerprint density at radius 2 is 1.90 bits per heavy atom. The van der Waals surface area contributed by atoms with Gasteiger partial charge in [-0.1, -0.05) is 74.4 Å². The summed E-state index contributed by atoms with van der Waals surface area (Å²) in [7, 11) is 1.28. The summed E-state index contributed by atoms with van der Waals surface area (Å²) in [5, 5.41) is 6.14. The summed E-state index contributed by atoms with van der Waals surface area (Å²) in [6, 6.07) is 17.4. The normalized spacial score (nSPS) is 19.5.